The van der Waals surface area contributed by atoms with Gasteiger partial charge in [-0.2, -0.15) is 0 Å². The van der Waals surface area contributed by atoms with Gasteiger partial charge in [-0.3, -0.25) is 9.59 Å². The minimum Gasteiger partial charge on any atom is -0.352 e. The maximum Gasteiger partial charge on any atom is 0.263 e. The fourth-order valence-electron chi connectivity index (χ4n) is 3.07. The number of para-hydroxylation sites is 1. The number of carbonyl (C=O) groups is 1. The Morgan fingerprint density at radius 2 is 1.79 bits per heavy atom. The van der Waals surface area contributed by atoms with E-state index in [-0.39, 0.29) is 16.0 Å². The second kappa shape index (κ2) is 7.95. The van der Waals surface area contributed by atoms with Gasteiger partial charge in [0.1, 0.15) is 5.56 Å². The van der Waals surface area contributed by atoms with E-state index >= 15 is 0 Å². The van der Waals surface area contributed by atoms with Crippen molar-refractivity contribution in [2.45, 2.75) is 24.8 Å². The second-order valence-electron chi connectivity index (χ2n) is 6.36. The van der Waals surface area contributed by atoms with E-state index in [1.54, 1.807) is 22.8 Å². The monoisotopic (exact) mass is 399 g/mol. The third-order valence-corrected chi connectivity index (χ3v) is 5.44. The molecule has 1 heterocycles. The number of primary sulfonamides is 1. The van der Waals surface area contributed by atoms with Gasteiger partial charge in [-0.05, 0) is 48.6 Å². The number of pyridine rings is 1. The van der Waals surface area contributed by atoms with Crippen LogP contribution in [0, 0.1) is 0 Å². The molecule has 1 aromatic heterocycles. The van der Waals surface area contributed by atoms with Crippen LogP contribution in [0.1, 0.15) is 22.8 Å². The van der Waals surface area contributed by atoms with E-state index in [1.165, 1.54) is 12.1 Å². The normalized spacial score (nSPS) is 11.5. The number of nitrogens with two attached hydrogens (primary N) is 1. The summed E-state index contributed by atoms with van der Waals surface area (Å²) in [6.07, 6.45) is 0.492. The molecule has 0 bridgehead atoms. The quantitative estimate of drug-likeness (QED) is 0.656. The third kappa shape index (κ3) is 4.13. The van der Waals surface area contributed by atoms with Gasteiger partial charge in [-0.1, -0.05) is 30.3 Å². The van der Waals surface area contributed by atoms with Gasteiger partial charge in [0.05, 0.1) is 10.4 Å². The Morgan fingerprint density at radius 1 is 1.11 bits per heavy atom. The summed E-state index contributed by atoms with van der Waals surface area (Å²) >= 11 is 0. The number of nitrogens with zero attached hydrogens (tertiary/aromatic N) is 1. The summed E-state index contributed by atoms with van der Waals surface area (Å²) in [4.78, 5) is 25.2. The van der Waals surface area contributed by atoms with E-state index in [4.69, 9.17) is 5.14 Å². The minimum absolute atomic E-state index is 0.0385. The van der Waals surface area contributed by atoms with E-state index in [0.717, 1.165) is 16.5 Å². The summed E-state index contributed by atoms with van der Waals surface area (Å²) in [5.74, 6) is -0.431. The highest BCUT2D eigenvalue weighted by molar-refractivity contribution is 7.89. The summed E-state index contributed by atoms with van der Waals surface area (Å²) < 4.78 is 24.1. The first-order valence-corrected chi connectivity index (χ1v) is 10.4. The van der Waals surface area contributed by atoms with Gasteiger partial charge in [-0.25, -0.2) is 13.6 Å². The molecule has 0 atom stereocenters. The number of rotatable bonds is 6. The van der Waals surface area contributed by atoms with Crippen LogP contribution >= 0.6 is 0 Å². The highest BCUT2D eigenvalue weighted by Gasteiger charge is 2.14. The molecule has 0 saturated heterocycles. The maximum atomic E-state index is 12.7. The summed E-state index contributed by atoms with van der Waals surface area (Å²) in [6.45, 7) is 2.64. The Morgan fingerprint density at radius 3 is 2.43 bits per heavy atom. The van der Waals surface area contributed by atoms with Crippen LogP contribution in [0.4, 0.5) is 0 Å². The molecule has 1 amide bonds. The van der Waals surface area contributed by atoms with Crippen LogP contribution in [0.15, 0.2) is 64.3 Å². The topological polar surface area (TPSA) is 111 Å². The highest BCUT2D eigenvalue weighted by atomic mass is 32.2. The fourth-order valence-corrected chi connectivity index (χ4v) is 3.58. The van der Waals surface area contributed by atoms with E-state index in [0.29, 0.717) is 19.5 Å². The largest absolute Gasteiger partial charge is 0.352 e. The van der Waals surface area contributed by atoms with Crippen LogP contribution < -0.4 is 16.0 Å². The number of hydrogen-bond acceptors (Lipinski definition) is 4. The van der Waals surface area contributed by atoms with Crippen molar-refractivity contribution in [1.29, 1.82) is 0 Å². The highest BCUT2D eigenvalue weighted by Crippen LogP contribution is 2.13. The van der Waals surface area contributed by atoms with Crippen LogP contribution in [-0.2, 0) is 23.0 Å². The number of sulfonamides is 1. The lowest BCUT2D eigenvalue weighted by Gasteiger charge is -2.11. The zero-order valence-electron chi connectivity index (χ0n) is 15.4. The molecule has 0 spiro atoms. The predicted octanol–water partition coefficient (Wildman–Crippen LogP) is 1.64. The van der Waals surface area contributed by atoms with Crippen molar-refractivity contribution in [3.63, 3.8) is 0 Å². The molecular formula is C20H21N3O4S. The molecule has 3 aromatic rings. The number of amides is 1. The zero-order chi connectivity index (χ0) is 20.3. The molecule has 3 N–H and O–H groups in total. The minimum atomic E-state index is -3.73. The molecule has 0 aliphatic carbocycles. The Labute approximate surface area is 162 Å². The van der Waals surface area contributed by atoms with Gasteiger partial charge < -0.3 is 9.88 Å². The van der Waals surface area contributed by atoms with Crippen LogP contribution in [0.25, 0.3) is 10.9 Å². The average molecular weight is 399 g/mol. The summed E-state index contributed by atoms with van der Waals surface area (Å²) in [5, 5.41) is 8.65. The first-order valence-electron chi connectivity index (χ1n) is 8.84. The number of carbonyl (C=O) groups excluding carboxylic acids is 1. The molecule has 8 heteroatoms. The van der Waals surface area contributed by atoms with Gasteiger partial charge in [-0.15, -0.1) is 0 Å². The van der Waals surface area contributed by atoms with Gasteiger partial charge in [0.15, 0.2) is 0 Å². The zero-order valence-corrected chi connectivity index (χ0v) is 16.2. The Hall–Kier alpha value is -2.97. The lowest BCUT2D eigenvalue weighted by molar-refractivity contribution is 0.0952. The molecule has 0 unspecified atom stereocenters. The van der Waals surface area contributed by atoms with Gasteiger partial charge in [0.25, 0.3) is 11.5 Å². The molecule has 3 rings (SSSR count). The molecule has 0 aliphatic rings. The maximum absolute atomic E-state index is 12.7. The van der Waals surface area contributed by atoms with Crippen molar-refractivity contribution < 1.29 is 13.2 Å². The van der Waals surface area contributed by atoms with Crippen molar-refractivity contribution in [1.82, 2.24) is 9.88 Å². The van der Waals surface area contributed by atoms with Gasteiger partial charge in [0.2, 0.25) is 10.0 Å². The lowest BCUT2D eigenvalue weighted by atomic mass is 10.1. The lowest BCUT2D eigenvalue weighted by Crippen LogP contribution is -2.34. The van der Waals surface area contributed by atoms with Crippen LogP contribution in [0.2, 0.25) is 0 Å². The van der Waals surface area contributed by atoms with Crippen LogP contribution in [0.5, 0.6) is 0 Å². The number of benzene rings is 2. The van der Waals surface area contributed by atoms with E-state index in [2.05, 4.69) is 5.32 Å². The molecule has 0 aliphatic heterocycles. The van der Waals surface area contributed by atoms with Crippen molar-refractivity contribution >= 4 is 26.8 Å². The summed E-state index contributed by atoms with van der Waals surface area (Å²) in [7, 11) is -3.73. The first-order chi connectivity index (χ1) is 13.3. The molecule has 0 fully saturated rings. The standard InChI is InChI=1S/C20H21N3O4S/c1-2-23-18-6-4-3-5-15(18)13-17(20(23)25)19(24)22-12-11-14-7-9-16(10-8-14)28(21,26)27/h3-10,13H,2,11-12H2,1H3,(H,22,24)(H2,21,26,27). The van der Waals surface area contributed by atoms with Crippen molar-refractivity contribution in [2.24, 2.45) is 5.14 Å². The van der Waals surface area contributed by atoms with E-state index in [9.17, 15) is 18.0 Å². The Balaban J connectivity index is 1.73. The van der Waals surface area contributed by atoms with E-state index < -0.39 is 15.9 Å². The predicted molar refractivity (Wildman–Crippen MR) is 108 cm³/mol. The molecule has 0 saturated carbocycles. The molecule has 7 nitrogen and oxygen atoms in total. The van der Waals surface area contributed by atoms with Crippen molar-refractivity contribution in [3.8, 4) is 0 Å². The first kappa shape index (κ1) is 19.8. The number of hydrogen-bond donors (Lipinski definition) is 2. The third-order valence-electron chi connectivity index (χ3n) is 4.51. The molecule has 146 valence electrons. The van der Waals surface area contributed by atoms with Crippen LogP contribution in [-0.4, -0.2) is 25.4 Å². The number of nitrogens with one attached hydrogen (secondary N) is 1. The SMILES string of the molecule is CCn1c(=O)c(C(=O)NCCc2ccc(S(N)(=O)=O)cc2)cc2ccccc21. The molecule has 28 heavy (non-hydrogen) atoms. The number of aromatic nitrogens is 1. The molecule has 2 aromatic carbocycles. The number of aryl methyl sites for hydroxylation is 1. The van der Waals surface area contributed by atoms with Crippen molar-refractivity contribution in [3.05, 3.63) is 76.1 Å². The fraction of sp³-hybridized carbons (Fsp3) is 0.200. The summed E-state index contributed by atoms with van der Waals surface area (Å²) in [5.41, 5.74) is 1.42. The number of fused-ring (bicyclic) bond motifs is 1. The van der Waals surface area contributed by atoms with Crippen molar-refractivity contribution in [2.75, 3.05) is 6.54 Å². The molecular weight excluding hydrogens is 378 g/mol. The molecule has 0 radical (unpaired) electrons. The second-order valence-corrected chi connectivity index (χ2v) is 7.92. The average Bonchev–Trinajstić information content (AvgIpc) is 2.67. The van der Waals surface area contributed by atoms with Gasteiger partial charge in [0, 0.05) is 13.1 Å². The van der Waals surface area contributed by atoms with E-state index in [1.807, 2.05) is 31.2 Å². The Kier molecular flexibility index (Phi) is 5.62. The van der Waals surface area contributed by atoms with Crippen LogP contribution in [0.3, 0.4) is 0 Å². The Bertz CT molecular complexity index is 1180. The van der Waals surface area contributed by atoms with Gasteiger partial charge >= 0.3 is 0 Å². The summed E-state index contributed by atoms with van der Waals surface area (Å²) in [6, 6.07) is 15.2. The smallest absolute Gasteiger partial charge is 0.263 e.